The number of hydrogen-bond donors (Lipinski definition) is 2. The van der Waals surface area contributed by atoms with Crippen LogP contribution in [-0.4, -0.2) is 53.0 Å². The molecule has 1 unspecified atom stereocenters. The van der Waals surface area contributed by atoms with Crippen molar-refractivity contribution in [2.24, 2.45) is 0 Å². The highest BCUT2D eigenvalue weighted by Gasteiger charge is 2.24. The Balaban J connectivity index is 1.58. The third-order valence-electron chi connectivity index (χ3n) is 6.70. The lowest BCUT2D eigenvalue weighted by Crippen LogP contribution is -2.34. The number of amides is 1. The van der Waals surface area contributed by atoms with Gasteiger partial charge in [-0.1, -0.05) is 31.9 Å². The van der Waals surface area contributed by atoms with Gasteiger partial charge in [0.1, 0.15) is 17.3 Å². The van der Waals surface area contributed by atoms with Crippen LogP contribution in [0, 0.1) is 12.7 Å². The van der Waals surface area contributed by atoms with Gasteiger partial charge in [0.2, 0.25) is 0 Å². The number of carbonyl (C=O) groups excluding carboxylic acids is 1. The van der Waals surface area contributed by atoms with Gasteiger partial charge in [0.15, 0.2) is 0 Å². The van der Waals surface area contributed by atoms with Crippen molar-refractivity contribution in [2.45, 2.75) is 64.3 Å². The number of aryl methyl sites for hydroxylation is 1. The van der Waals surface area contributed by atoms with Crippen LogP contribution in [0.4, 0.5) is 10.2 Å². The van der Waals surface area contributed by atoms with Crippen molar-refractivity contribution in [1.82, 2.24) is 20.2 Å². The molecule has 172 valence electrons. The van der Waals surface area contributed by atoms with E-state index in [1.54, 1.807) is 12.1 Å². The predicted molar refractivity (Wildman–Crippen MR) is 125 cm³/mol. The zero-order valence-corrected chi connectivity index (χ0v) is 19.2. The van der Waals surface area contributed by atoms with Crippen molar-refractivity contribution in [3.05, 3.63) is 52.7 Å². The summed E-state index contributed by atoms with van der Waals surface area (Å²) in [6.07, 6.45) is 6.87. The van der Waals surface area contributed by atoms with Crippen molar-refractivity contribution >= 4 is 11.7 Å². The number of benzene rings is 1. The molecule has 1 aromatic carbocycles. The molecule has 2 fully saturated rings. The van der Waals surface area contributed by atoms with Gasteiger partial charge in [-0.05, 0) is 63.4 Å². The number of hydrogen-bond acceptors (Lipinski definition) is 5. The largest absolute Gasteiger partial charge is 0.367 e. The quantitative estimate of drug-likeness (QED) is 0.643. The van der Waals surface area contributed by atoms with Crippen LogP contribution in [0.5, 0.6) is 0 Å². The molecule has 1 saturated carbocycles. The maximum Gasteiger partial charge on any atom is 0.271 e. The summed E-state index contributed by atoms with van der Waals surface area (Å²) >= 11 is 0. The molecule has 1 aliphatic heterocycles. The number of rotatable bonds is 8. The number of aromatic nitrogens is 2. The third kappa shape index (κ3) is 5.44. The summed E-state index contributed by atoms with van der Waals surface area (Å²) in [5.41, 5.74) is 2.67. The monoisotopic (exact) mass is 439 g/mol. The Morgan fingerprint density at radius 2 is 1.81 bits per heavy atom. The van der Waals surface area contributed by atoms with Gasteiger partial charge in [0, 0.05) is 25.0 Å². The van der Waals surface area contributed by atoms with Crippen molar-refractivity contribution in [1.29, 1.82) is 0 Å². The topological polar surface area (TPSA) is 70.2 Å². The molecule has 2 aromatic rings. The van der Waals surface area contributed by atoms with Gasteiger partial charge < -0.3 is 15.5 Å². The van der Waals surface area contributed by atoms with Gasteiger partial charge in [-0.3, -0.25) is 4.79 Å². The van der Waals surface area contributed by atoms with E-state index in [1.807, 2.05) is 13.8 Å². The Bertz CT molecular complexity index is 921. The number of carbonyl (C=O) groups is 1. The second-order valence-electron chi connectivity index (χ2n) is 9.10. The average molecular weight is 440 g/mol. The van der Waals surface area contributed by atoms with Crippen molar-refractivity contribution in [3.63, 3.8) is 0 Å². The Morgan fingerprint density at radius 3 is 2.50 bits per heavy atom. The molecule has 1 aromatic heterocycles. The second-order valence-corrected chi connectivity index (χ2v) is 9.10. The molecule has 32 heavy (non-hydrogen) atoms. The van der Waals surface area contributed by atoms with Crippen molar-refractivity contribution in [2.75, 3.05) is 31.5 Å². The van der Waals surface area contributed by atoms with E-state index >= 15 is 0 Å². The molecule has 0 bridgehead atoms. The first-order valence-corrected chi connectivity index (χ1v) is 11.9. The summed E-state index contributed by atoms with van der Waals surface area (Å²) < 4.78 is 13.5. The lowest BCUT2D eigenvalue weighted by Gasteiger charge is -2.21. The second kappa shape index (κ2) is 10.4. The third-order valence-corrected chi connectivity index (χ3v) is 6.70. The fourth-order valence-corrected chi connectivity index (χ4v) is 4.75. The van der Waals surface area contributed by atoms with Gasteiger partial charge in [-0.2, -0.15) is 0 Å². The molecule has 0 radical (unpaired) electrons. The predicted octanol–water partition coefficient (Wildman–Crippen LogP) is 4.26. The maximum absolute atomic E-state index is 13.5. The van der Waals surface area contributed by atoms with Crippen LogP contribution in [0.2, 0.25) is 0 Å². The van der Waals surface area contributed by atoms with E-state index in [9.17, 15) is 9.18 Å². The first-order valence-electron chi connectivity index (χ1n) is 11.9. The standard InChI is InChI=1S/C25H34FN5O/c1-17(19-9-11-20(26)12-10-19)22-24(27-13-16-31-14-5-6-15-31)28-18(2)23(30-22)25(32)29-21-7-3-4-8-21/h9-12,17,21H,3-8,13-16H2,1-2H3,(H,27,28)(H,29,32). The van der Waals surface area contributed by atoms with E-state index < -0.39 is 0 Å². The lowest BCUT2D eigenvalue weighted by atomic mass is 9.97. The summed E-state index contributed by atoms with van der Waals surface area (Å²) in [5, 5.41) is 6.59. The molecule has 2 heterocycles. The Labute approximate surface area is 190 Å². The number of nitrogens with zero attached hydrogens (tertiary/aromatic N) is 3. The van der Waals surface area contributed by atoms with Crippen LogP contribution in [0.1, 0.15) is 78.8 Å². The van der Waals surface area contributed by atoms with Crippen LogP contribution < -0.4 is 10.6 Å². The molecular weight excluding hydrogens is 405 g/mol. The van der Waals surface area contributed by atoms with Gasteiger partial charge in [0.25, 0.3) is 5.91 Å². The van der Waals surface area contributed by atoms with Crippen LogP contribution in [0.15, 0.2) is 24.3 Å². The zero-order chi connectivity index (χ0) is 22.5. The first-order chi connectivity index (χ1) is 15.5. The van der Waals surface area contributed by atoms with E-state index in [0.29, 0.717) is 17.2 Å². The Morgan fingerprint density at radius 1 is 1.12 bits per heavy atom. The van der Waals surface area contributed by atoms with Crippen LogP contribution in [0.25, 0.3) is 0 Å². The highest BCUT2D eigenvalue weighted by atomic mass is 19.1. The Kier molecular flexibility index (Phi) is 7.35. The lowest BCUT2D eigenvalue weighted by molar-refractivity contribution is 0.0931. The first kappa shape index (κ1) is 22.6. The van der Waals surface area contributed by atoms with E-state index in [1.165, 1.54) is 25.0 Å². The van der Waals surface area contributed by atoms with E-state index in [0.717, 1.165) is 63.1 Å². The molecule has 1 aliphatic carbocycles. The van der Waals surface area contributed by atoms with Crippen LogP contribution in [-0.2, 0) is 0 Å². The normalized spacial score (nSPS) is 18.1. The van der Waals surface area contributed by atoms with Gasteiger partial charge in [0.05, 0.1) is 11.4 Å². The molecule has 1 saturated heterocycles. The van der Waals surface area contributed by atoms with Crippen molar-refractivity contribution < 1.29 is 9.18 Å². The molecule has 2 N–H and O–H groups in total. The summed E-state index contributed by atoms with van der Waals surface area (Å²) in [6, 6.07) is 6.69. The number of anilines is 1. The summed E-state index contributed by atoms with van der Waals surface area (Å²) in [7, 11) is 0. The van der Waals surface area contributed by atoms with E-state index in [-0.39, 0.29) is 23.7 Å². The van der Waals surface area contributed by atoms with E-state index in [4.69, 9.17) is 9.97 Å². The summed E-state index contributed by atoms with van der Waals surface area (Å²) in [4.78, 5) is 25.0. The SMILES string of the molecule is Cc1nc(NCCN2CCCC2)c(C(C)c2ccc(F)cc2)nc1C(=O)NC1CCCC1. The van der Waals surface area contributed by atoms with Gasteiger partial charge >= 0.3 is 0 Å². The molecule has 2 aliphatic rings. The molecule has 0 spiro atoms. The van der Waals surface area contributed by atoms with Crippen LogP contribution in [0.3, 0.4) is 0 Å². The minimum atomic E-state index is -0.267. The fourth-order valence-electron chi connectivity index (χ4n) is 4.75. The molecule has 4 rings (SSSR count). The number of halogens is 1. The molecule has 6 nitrogen and oxygen atoms in total. The molecule has 7 heteroatoms. The molecule has 1 atom stereocenters. The van der Waals surface area contributed by atoms with Gasteiger partial charge in [-0.15, -0.1) is 0 Å². The van der Waals surface area contributed by atoms with Gasteiger partial charge in [-0.25, -0.2) is 14.4 Å². The summed E-state index contributed by atoms with van der Waals surface area (Å²) in [5.74, 6) is 0.154. The number of likely N-dealkylation sites (tertiary alicyclic amines) is 1. The van der Waals surface area contributed by atoms with Crippen molar-refractivity contribution in [3.8, 4) is 0 Å². The average Bonchev–Trinajstić information content (AvgIpc) is 3.48. The Hall–Kier alpha value is -2.54. The number of nitrogens with one attached hydrogen (secondary N) is 2. The minimum Gasteiger partial charge on any atom is -0.367 e. The van der Waals surface area contributed by atoms with E-state index in [2.05, 4.69) is 15.5 Å². The zero-order valence-electron chi connectivity index (χ0n) is 19.2. The summed E-state index contributed by atoms with van der Waals surface area (Å²) in [6.45, 7) is 7.88. The minimum absolute atomic E-state index is 0.129. The molecule has 1 amide bonds. The van der Waals surface area contributed by atoms with Crippen LogP contribution >= 0.6 is 0 Å². The smallest absolute Gasteiger partial charge is 0.271 e. The molecular formula is C25H34FN5O. The highest BCUT2D eigenvalue weighted by molar-refractivity contribution is 5.93. The fraction of sp³-hybridized carbons (Fsp3) is 0.560. The maximum atomic E-state index is 13.5. The highest BCUT2D eigenvalue weighted by Crippen LogP contribution is 2.29.